The lowest BCUT2D eigenvalue weighted by Gasteiger charge is -2.56. The highest BCUT2D eigenvalue weighted by Crippen LogP contribution is 2.62. The number of nitriles is 1. The Morgan fingerprint density at radius 3 is 3.17 bits per heavy atom. The standard InChI is InChI=1S/C19H20N2O3/c1-21-8-6-19-12-3-4-14(22)18(19)24-17-15(23-9-7-20)5-2-11(16(17)19)10-13(12)21/h2-5,12-14,18,22H,6,8-10H2,1H3/t12-,13+,14-,18-,19-/m0/s1. The summed E-state index contributed by atoms with van der Waals surface area (Å²) >= 11 is 0. The van der Waals surface area contributed by atoms with E-state index < -0.39 is 6.10 Å². The van der Waals surface area contributed by atoms with Gasteiger partial charge in [0.1, 0.15) is 18.3 Å². The average Bonchev–Trinajstić information content (AvgIpc) is 2.94. The third-order valence-corrected chi connectivity index (χ3v) is 6.43. The lowest BCUT2D eigenvalue weighted by Crippen LogP contribution is -2.64. The van der Waals surface area contributed by atoms with Gasteiger partial charge >= 0.3 is 0 Å². The zero-order chi connectivity index (χ0) is 16.5. The van der Waals surface area contributed by atoms with Gasteiger partial charge in [0.25, 0.3) is 0 Å². The molecule has 5 rings (SSSR count). The second kappa shape index (κ2) is 4.75. The van der Waals surface area contributed by atoms with E-state index in [0.717, 1.165) is 25.1 Å². The number of aliphatic hydroxyl groups excluding tert-OH is 1. The van der Waals surface area contributed by atoms with Crippen LogP contribution in [-0.4, -0.2) is 48.5 Å². The van der Waals surface area contributed by atoms with Crippen molar-refractivity contribution < 1.29 is 14.6 Å². The largest absolute Gasteiger partial charge is 0.482 e. The van der Waals surface area contributed by atoms with Crippen molar-refractivity contribution in [1.82, 2.24) is 4.90 Å². The molecule has 0 aromatic heterocycles. The van der Waals surface area contributed by atoms with E-state index in [0.29, 0.717) is 17.7 Å². The molecule has 1 aromatic rings. The Kier molecular flexibility index (Phi) is 2.83. The van der Waals surface area contributed by atoms with Gasteiger partial charge in [-0.05, 0) is 38.1 Å². The molecule has 0 saturated carbocycles. The molecule has 1 fully saturated rings. The lowest BCUT2D eigenvalue weighted by atomic mass is 9.53. The molecule has 5 nitrogen and oxygen atoms in total. The van der Waals surface area contributed by atoms with Crippen molar-refractivity contribution in [1.29, 1.82) is 5.26 Å². The minimum absolute atomic E-state index is 0.00239. The number of likely N-dealkylation sites (tertiary alicyclic amines) is 1. The average molecular weight is 324 g/mol. The second-order valence-electron chi connectivity index (χ2n) is 7.36. The van der Waals surface area contributed by atoms with Crippen LogP contribution in [0.3, 0.4) is 0 Å². The van der Waals surface area contributed by atoms with E-state index in [1.165, 1.54) is 11.1 Å². The number of hydrogen-bond donors (Lipinski definition) is 1. The van der Waals surface area contributed by atoms with Gasteiger partial charge in [-0.2, -0.15) is 5.26 Å². The Bertz CT molecular complexity index is 784. The van der Waals surface area contributed by atoms with Crippen molar-refractivity contribution in [3.63, 3.8) is 0 Å². The Morgan fingerprint density at radius 2 is 2.33 bits per heavy atom. The van der Waals surface area contributed by atoms with E-state index in [1.54, 1.807) is 0 Å². The van der Waals surface area contributed by atoms with Crippen LogP contribution in [0.1, 0.15) is 17.5 Å². The second-order valence-corrected chi connectivity index (χ2v) is 7.36. The summed E-state index contributed by atoms with van der Waals surface area (Å²) in [6.45, 7) is 1.01. The molecule has 1 aromatic carbocycles. The van der Waals surface area contributed by atoms with Crippen LogP contribution in [0.4, 0.5) is 0 Å². The number of nitrogens with zero attached hydrogens (tertiary/aromatic N) is 2. The van der Waals surface area contributed by atoms with E-state index >= 15 is 0 Å². The predicted molar refractivity (Wildman–Crippen MR) is 87.0 cm³/mol. The van der Waals surface area contributed by atoms with Crippen LogP contribution in [0.5, 0.6) is 11.5 Å². The highest BCUT2D eigenvalue weighted by molar-refractivity contribution is 5.62. The first-order valence-electron chi connectivity index (χ1n) is 8.56. The molecule has 5 atom stereocenters. The molecule has 0 amide bonds. The maximum atomic E-state index is 10.6. The van der Waals surface area contributed by atoms with Crippen molar-refractivity contribution in [3.05, 3.63) is 35.4 Å². The minimum Gasteiger partial charge on any atom is -0.482 e. The summed E-state index contributed by atoms with van der Waals surface area (Å²) in [6, 6.07) is 6.49. The van der Waals surface area contributed by atoms with Gasteiger partial charge in [0, 0.05) is 22.9 Å². The van der Waals surface area contributed by atoms with Crippen LogP contribution < -0.4 is 9.47 Å². The molecule has 1 saturated heterocycles. The number of aliphatic hydroxyl groups is 1. The Hall–Kier alpha value is -2.03. The highest BCUT2D eigenvalue weighted by Gasteiger charge is 2.64. The fraction of sp³-hybridized carbons (Fsp3) is 0.526. The normalized spacial score (nSPS) is 38.2. The van der Waals surface area contributed by atoms with Crippen LogP contribution in [0, 0.1) is 17.2 Å². The number of rotatable bonds is 2. The Balaban J connectivity index is 1.74. The van der Waals surface area contributed by atoms with E-state index in [2.05, 4.69) is 24.1 Å². The molecule has 2 aliphatic carbocycles. The third-order valence-electron chi connectivity index (χ3n) is 6.43. The zero-order valence-electron chi connectivity index (χ0n) is 13.6. The van der Waals surface area contributed by atoms with Crippen LogP contribution >= 0.6 is 0 Å². The summed E-state index contributed by atoms with van der Waals surface area (Å²) in [7, 11) is 2.19. The fourth-order valence-electron chi connectivity index (χ4n) is 5.45. The SMILES string of the molecule is CN1CC[C@]23c4c5ccc(OCC#N)c4O[C@H]2[C@@H](O)C=C[C@H]3[C@H]1C5. The maximum absolute atomic E-state index is 10.6. The smallest absolute Gasteiger partial charge is 0.174 e. The molecule has 1 N–H and O–H groups in total. The van der Waals surface area contributed by atoms with Gasteiger partial charge in [-0.3, -0.25) is 0 Å². The van der Waals surface area contributed by atoms with Crippen LogP contribution in [0.2, 0.25) is 0 Å². The van der Waals surface area contributed by atoms with Gasteiger partial charge in [0.15, 0.2) is 18.1 Å². The molecule has 24 heavy (non-hydrogen) atoms. The summed E-state index contributed by atoms with van der Waals surface area (Å²) in [5.74, 6) is 1.73. The molecule has 124 valence electrons. The van der Waals surface area contributed by atoms with Gasteiger partial charge < -0.3 is 19.5 Å². The first-order valence-corrected chi connectivity index (χ1v) is 8.56. The highest BCUT2D eigenvalue weighted by atomic mass is 16.5. The fourth-order valence-corrected chi connectivity index (χ4v) is 5.45. The van der Waals surface area contributed by atoms with Crippen molar-refractivity contribution in [2.75, 3.05) is 20.2 Å². The number of hydrogen-bond acceptors (Lipinski definition) is 5. The van der Waals surface area contributed by atoms with Crippen LogP contribution in [0.25, 0.3) is 0 Å². The van der Waals surface area contributed by atoms with Gasteiger partial charge in [0.2, 0.25) is 0 Å². The molecule has 2 aliphatic heterocycles. The van der Waals surface area contributed by atoms with E-state index in [1.807, 2.05) is 18.2 Å². The van der Waals surface area contributed by atoms with Crippen LogP contribution in [0.15, 0.2) is 24.3 Å². The van der Waals surface area contributed by atoms with Gasteiger partial charge in [-0.1, -0.05) is 18.2 Å². The molecule has 1 spiro atoms. The third kappa shape index (κ3) is 1.56. The Morgan fingerprint density at radius 1 is 1.46 bits per heavy atom. The number of piperidine rings is 1. The molecule has 2 heterocycles. The predicted octanol–water partition coefficient (Wildman–Crippen LogP) is 1.39. The molecular weight excluding hydrogens is 304 g/mol. The summed E-state index contributed by atoms with van der Waals surface area (Å²) in [5.41, 5.74) is 2.35. The quantitative estimate of drug-likeness (QED) is 0.833. The van der Waals surface area contributed by atoms with Crippen molar-refractivity contribution in [2.45, 2.75) is 36.5 Å². The molecule has 0 radical (unpaired) electrons. The summed E-state index contributed by atoms with van der Waals surface area (Å²) in [4.78, 5) is 2.44. The molecular formula is C19H20N2O3. The minimum atomic E-state index is -0.604. The van der Waals surface area contributed by atoms with Crippen LogP contribution in [-0.2, 0) is 11.8 Å². The van der Waals surface area contributed by atoms with Crippen molar-refractivity contribution in [2.24, 2.45) is 5.92 Å². The first kappa shape index (κ1) is 14.3. The van der Waals surface area contributed by atoms with E-state index in [-0.39, 0.29) is 18.1 Å². The Labute approximate surface area is 141 Å². The van der Waals surface area contributed by atoms with E-state index in [4.69, 9.17) is 14.7 Å². The van der Waals surface area contributed by atoms with E-state index in [9.17, 15) is 5.11 Å². The number of ether oxygens (including phenoxy) is 2. The van der Waals surface area contributed by atoms with Crippen molar-refractivity contribution >= 4 is 0 Å². The monoisotopic (exact) mass is 324 g/mol. The molecule has 5 heteroatoms. The maximum Gasteiger partial charge on any atom is 0.174 e. The molecule has 0 unspecified atom stereocenters. The van der Waals surface area contributed by atoms with Gasteiger partial charge in [-0.15, -0.1) is 0 Å². The number of likely N-dealkylation sites (N-methyl/N-ethyl adjacent to an activating group) is 1. The summed E-state index contributed by atoms with van der Waals surface area (Å²) in [6.07, 6.45) is 5.19. The number of benzene rings is 1. The van der Waals surface area contributed by atoms with Crippen molar-refractivity contribution in [3.8, 4) is 17.6 Å². The summed E-state index contributed by atoms with van der Waals surface area (Å²) < 4.78 is 11.9. The topological polar surface area (TPSA) is 65.7 Å². The van der Waals surface area contributed by atoms with Gasteiger partial charge in [0.05, 0.1) is 0 Å². The zero-order valence-corrected chi connectivity index (χ0v) is 13.6. The molecule has 4 aliphatic rings. The first-order chi connectivity index (χ1) is 11.7. The van der Waals surface area contributed by atoms with Gasteiger partial charge in [-0.25, -0.2) is 0 Å². The lowest BCUT2D eigenvalue weighted by molar-refractivity contribution is -0.0453. The summed E-state index contributed by atoms with van der Waals surface area (Å²) in [5, 5.41) is 19.4. The molecule has 2 bridgehead atoms.